The van der Waals surface area contributed by atoms with Crippen LogP contribution in [0.5, 0.6) is 0 Å². The second-order valence-electron chi connectivity index (χ2n) is 8.89. The zero-order valence-electron chi connectivity index (χ0n) is 17.1. The average molecular weight is 407 g/mol. The number of aromatic nitrogens is 2. The van der Waals surface area contributed by atoms with E-state index in [1.807, 2.05) is 24.3 Å². The first-order valence-corrected chi connectivity index (χ1v) is 10.7. The van der Waals surface area contributed by atoms with Crippen LogP contribution in [0.15, 0.2) is 42.5 Å². The van der Waals surface area contributed by atoms with Crippen molar-refractivity contribution in [1.82, 2.24) is 9.55 Å². The van der Waals surface area contributed by atoms with Gasteiger partial charge in [-0.25, -0.2) is 9.37 Å². The van der Waals surface area contributed by atoms with E-state index in [1.165, 1.54) is 6.07 Å². The summed E-state index contributed by atoms with van der Waals surface area (Å²) in [6.45, 7) is 1.63. The predicted molar refractivity (Wildman–Crippen MR) is 114 cm³/mol. The van der Waals surface area contributed by atoms with Crippen molar-refractivity contribution in [3.63, 3.8) is 0 Å². The summed E-state index contributed by atoms with van der Waals surface area (Å²) < 4.78 is 16.6. The second kappa shape index (κ2) is 7.20. The monoisotopic (exact) mass is 407 g/mol. The predicted octanol–water partition coefficient (Wildman–Crippen LogP) is 5.01. The summed E-state index contributed by atoms with van der Waals surface area (Å²) in [6.07, 6.45) is 5.14. The van der Waals surface area contributed by atoms with Crippen molar-refractivity contribution in [2.45, 2.75) is 63.0 Å². The maximum Gasteiger partial charge on any atom is 0.229 e. The number of rotatable bonds is 6. The van der Waals surface area contributed by atoms with Crippen LogP contribution in [0.25, 0.3) is 11.0 Å². The maximum atomic E-state index is 14.6. The second-order valence-corrected chi connectivity index (χ2v) is 8.89. The molecule has 0 aliphatic heterocycles. The Balaban J connectivity index is 1.45. The summed E-state index contributed by atoms with van der Waals surface area (Å²) in [5.74, 6) is 0.213. The Morgan fingerprint density at radius 2 is 1.97 bits per heavy atom. The molecule has 5 rings (SSSR count). The number of nitrogens with one attached hydrogen (secondary N) is 1. The first-order chi connectivity index (χ1) is 14.4. The Morgan fingerprint density at radius 1 is 1.23 bits per heavy atom. The van der Waals surface area contributed by atoms with Crippen molar-refractivity contribution in [1.29, 1.82) is 0 Å². The van der Waals surface area contributed by atoms with Gasteiger partial charge in [0, 0.05) is 12.1 Å². The fourth-order valence-electron chi connectivity index (χ4n) is 4.32. The van der Waals surface area contributed by atoms with Gasteiger partial charge in [-0.15, -0.1) is 0 Å². The molecule has 1 unspecified atom stereocenters. The highest BCUT2D eigenvalue weighted by atomic mass is 19.1. The Labute approximate surface area is 174 Å². The van der Waals surface area contributed by atoms with Gasteiger partial charge >= 0.3 is 0 Å². The third kappa shape index (κ3) is 3.49. The largest absolute Gasteiger partial charge is 0.385 e. The zero-order valence-corrected chi connectivity index (χ0v) is 17.1. The van der Waals surface area contributed by atoms with E-state index in [-0.39, 0.29) is 24.2 Å². The SMILES string of the molecule is CC(O)(CC(=O)Nc1nc2cc(F)c(C3CC3)cc2n1C1CCC1)c1ccccc1. The summed E-state index contributed by atoms with van der Waals surface area (Å²) in [5.41, 5.74) is 1.60. The number of aliphatic hydroxyl groups is 1. The van der Waals surface area contributed by atoms with E-state index in [0.29, 0.717) is 22.9 Å². The van der Waals surface area contributed by atoms with Crippen LogP contribution in [0.2, 0.25) is 0 Å². The van der Waals surface area contributed by atoms with Gasteiger partial charge in [0.15, 0.2) is 0 Å². The molecule has 2 N–H and O–H groups in total. The van der Waals surface area contributed by atoms with Crippen LogP contribution >= 0.6 is 0 Å². The van der Waals surface area contributed by atoms with Gasteiger partial charge in [0.2, 0.25) is 11.9 Å². The van der Waals surface area contributed by atoms with E-state index in [9.17, 15) is 14.3 Å². The number of imidazole rings is 1. The lowest BCUT2D eigenvalue weighted by Crippen LogP contribution is -2.30. The lowest BCUT2D eigenvalue weighted by Gasteiger charge is -2.29. The van der Waals surface area contributed by atoms with Crippen LogP contribution in [0, 0.1) is 5.82 Å². The summed E-state index contributed by atoms with van der Waals surface area (Å²) in [5, 5.41) is 13.7. The summed E-state index contributed by atoms with van der Waals surface area (Å²) in [6, 6.07) is 12.8. The average Bonchev–Trinajstić information content (AvgIpc) is 3.45. The Morgan fingerprint density at radius 3 is 2.60 bits per heavy atom. The molecule has 1 heterocycles. The lowest BCUT2D eigenvalue weighted by molar-refractivity contribution is -0.120. The molecule has 2 fully saturated rings. The van der Waals surface area contributed by atoms with Crippen molar-refractivity contribution in [2.75, 3.05) is 5.32 Å². The molecule has 0 radical (unpaired) electrons. The fraction of sp³-hybridized carbons (Fsp3) is 0.417. The molecule has 2 saturated carbocycles. The molecule has 1 amide bonds. The zero-order chi connectivity index (χ0) is 20.9. The number of benzene rings is 2. The minimum absolute atomic E-state index is 0.0907. The molecule has 2 aliphatic rings. The van der Waals surface area contributed by atoms with Gasteiger partial charge in [-0.05, 0) is 62.1 Å². The topological polar surface area (TPSA) is 67.2 Å². The van der Waals surface area contributed by atoms with Gasteiger partial charge in [-0.2, -0.15) is 0 Å². The lowest BCUT2D eigenvalue weighted by atomic mass is 9.92. The standard InChI is InChI=1S/C24H26FN3O2/c1-24(30,16-6-3-2-4-7-16)14-22(29)27-23-26-20-13-19(25)18(15-10-11-15)12-21(20)28(23)17-8-5-9-17/h2-4,6-7,12-13,15,17,30H,5,8-11,14H2,1H3,(H,26,27,29). The number of nitrogens with zero attached hydrogens (tertiary/aromatic N) is 2. The fourth-order valence-corrected chi connectivity index (χ4v) is 4.32. The summed E-state index contributed by atoms with van der Waals surface area (Å²) in [7, 11) is 0. The Bertz CT molecular complexity index is 1100. The quantitative estimate of drug-likeness (QED) is 0.603. The Kier molecular flexibility index (Phi) is 4.62. The van der Waals surface area contributed by atoms with E-state index in [4.69, 9.17) is 0 Å². The molecule has 2 aliphatic carbocycles. The van der Waals surface area contributed by atoms with E-state index in [2.05, 4.69) is 14.9 Å². The molecule has 1 aromatic heterocycles. The van der Waals surface area contributed by atoms with Crippen LogP contribution in [-0.4, -0.2) is 20.6 Å². The number of hydrogen-bond acceptors (Lipinski definition) is 3. The molecule has 156 valence electrons. The summed E-state index contributed by atoms with van der Waals surface area (Å²) in [4.78, 5) is 17.4. The highest BCUT2D eigenvalue weighted by molar-refractivity contribution is 5.92. The highest BCUT2D eigenvalue weighted by Gasteiger charge is 2.31. The molecule has 2 aromatic carbocycles. The number of fused-ring (bicyclic) bond motifs is 1. The molecule has 0 saturated heterocycles. The molecule has 0 spiro atoms. The Hall–Kier alpha value is -2.73. The molecular formula is C24H26FN3O2. The minimum atomic E-state index is -1.29. The van der Waals surface area contributed by atoms with Crippen molar-refractivity contribution >= 4 is 22.9 Å². The van der Waals surface area contributed by atoms with Crippen LogP contribution in [0.1, 0.15) is 68.5 Å². The molecule has 3 aromatic rings. The van der Waals surface area contributed by atoms with Crippen LogP contribution in [-0.2, 0) is 10.4 Å². The smallest absolute Gasteiger partial charge is 0.229 e. The number of carbonyl (C=O) groups is 1. The van der Waals surface area contributed by atoms with Gasteiger partial charge < -0.3 is 9.67 Å². The first-order valence-electron chi connectivity index (χ1n) is 10.7. The minimum Gasteiger partial charge on any atom is -0.385 e. The molecule has 6 heteroatoms. The van der Waals surface area contributed by atoms with Crippen molar-refractivity contribution < 1.29 is 14.3 Å². The number of hydrogen-bond donors (Lipinski definition) is 2. The van der Waals surface area contributed by atoms with E-state index >= 15 is 0 Å². The van der Waals surface area contributed by atoms with E-state index in [1.54, 1.807) is 19.1 Å². The third-order valence-electron chi connectivity index (χ3n) is 6.42. The van der Waals surface area contributed by atoms with Crippen molar-refractivity contribution in [2.24, 2.45) is 0 Å². The van der Waals surface area contributed by atoms with Crippen LogP contribution in [0.4, 0.5) is 10.3 Å². The first kappa shape index (κ1) is 19.2. The maximum absolute atomic E-state index is 14.6. The van der Waals surface area contributed by atoms with Crippen molar-refractivity contribution in [3.8, 4) is 0 Å². The summed E-state index contributed by atoms with van der Waals surface area (Å²) >= 11 is 0. The molecule has 30 heavy (non-hydrogen) atoms. The number of carbonyl (C=O) groups excluding carboxylic acids is 1. The number of halogens is 1. The molecule has 1 atom stereocenters. The molecular weight excluding hydrogens is 381 g/mol. The van der Waals surface area contributed by atoms with Gasteiger partial charge in [-0.1, -0.05) is 30.3 Å². The van der Waals surface area contributed by atoms with E-state index in [0.717, 1.165) is 43.2 Å². The van der Waals surface area contributed by atoms with Crippen LogP contribution < -0.4 is 5.32 Å². The van der Waals surface area contributed by atoms with Crippen LogP contribution in [0.3, 0.4) is 0 Å². The number of amides is 1. The van der Waals surface area contributed by atoms with Gasteiger partial charge in [-0.3, -0.25) is 10.1 Å². The molecule has 0 bridgehead atoms. The van der Waals surface area contributed by atoms with E-state index < -0.39 is 5.60 Å². The normalized spacial score (nSPS) is 18.8. The number of anilines is 1. The highest BCUT2D eigenvalue weighted by Crippen LogP contribution is 2.44. The van der Waals surface area contributed by atoms with Gasteiger partial charge in [0.05, 0.1) is 23.1 Å². The molecule has 5 nitrogen and oxygen atoms in total. The van der Waals surface area contributed by atoms with Crippen molar-refractivity contribution in [3.05, 3.63) is 59.4 Å². The third-order valence-corrected chi connectivity index (χ3v) is 6.42. The van der Waals surface area contributed by atoms with Gasteiger partial charge in [0.1, 0.15) is 5.82 Å². The van der Waals surface area contributed by atoms with Gasteiger partial charge in [0.25, 0.3) is 0 Å².